The highest BCUT2D eigenvalue weighted by Crippen LogP contribution is 2.39. The van der Waals surface area contributed by atoms with E-state index in [9.17, 15) is 0 Å². The lowest BCUT2D eigenvalue weighted by atomic mass is 9.95. The monoisotopic (exact) mass is 991 g/mol. The van der Waals surface area contributed by atoms with Crippen LogP contribution in [0.25, 0.3) is 128 Å². The number of allylic oxidation sites excluding steroid dienone is 4. The van der Waals surface area contributed by atoms with Gasteiger partial charge in [-0.15, -0.1) is 0 Å². The second-order valence-electron chi connectivity index (χ2n) is 19.9. The highest BCUT2D eigenvalue weighted by atomic mass is 15.0. The quantitative estimate of drug-likeness (QED) is 0.142. The molecule has 1 unspecified atom stereocenters. The van der Waals surface area contributed by atoms with Gasteiger partial charge in [0.25, 0.3) is 0 Å². The number of benzene rings is 6. The van der Waals surface area contributed by atoms with E-state index >= 15 is 0 Å². The first kappa shape index (κ1) is 45.6. The highest BCUT2D eigenvalue weighted by molar-refractivity contribution is 6.12. The third kappa shape index (κ3) is 8.54. The van der Waals surface area contributed by atoms with Crippen LogP contribution in [0.1, 0.15) is 31.9 Å². The maximum absolute atomic E-state index is 5.21. The topological polar surface area (TPSA) is 100 Å². The van der Waals surface area contributed by atoms with Gasteiger partial charge in [0.1, 0.15) is 0 Å². The van der Waals surface area contributed by atoms with Crippen LogP contribution >= 0.6 is 0 Å². The van der Waals surface area contributed by atoms with Gasteiger partial charge in [-0.1, -0.05) is 79.7 Å². The molecule has 1 atom stereocenters. The molecule has 14 rings (SSSR count). The summed E-state index contributed by atoms with van der Waals surface area (Å²) in [6.45, 7) is 2.32. The molecule has 7 aromatic heterocycles. The summed E-state index contributed by atoms with van der Waals surface area (Å²) in [5.74, 6) is 1.96. The summed E-state index contributed by atoms with van der Waals surface area (Å²) < 4.78 is 4.74. The fourth-order valence-electron chi connectivity index (χ4n) is 11.0. The van der Waals surface area contributed by atoms with Crippen molar-refractivity contribution in [2.45, 2.75) is 26.2 Å². The Morgan fingerprint density at radius 2 is 0.818 bits per heavy atom. The van der Waals surface area contributed by atoms with E-state index in [0.717, 1.165) is 114 Å². The number of para-hydroxylation sites is 2. The van der Waals surface area contributed by atoms with Crippen molar-refractivity contribution < 1.29 is 0 Å². The molecule has 13 aromatic rings. The van der Waals surface area contributed by atoms with E-state index < -0.39 is 0 Å². The van der Waals surface area contributed by atoms with Gasteiger partial charge < -0.3 is 9.13 Å². The van der Waals surface area contributed by atoms with Crippen molar-refractivity contribution in [2.75, 3.05) is 0 Å². The van der Waals surface area contributed by atoms with Gasteiger partial charge in [0.2, 0.25) is 0 Å². The lowest BCUT2D eigenvalue weighted by Crippen LogP contribution is -2.00. The SMILES string of the molecule is CC1CC=C(c2cc(-c3ccncc3)nc(-c3ccc(-n4c5ccccc5c5cc(-c6ccc7c8ccccc8n(-c8ccc(-c9nc(-c%10ccncc%10)cc(-c%10ccncc%10)n9)cc8)c7c6)ccc54)cc3)n2)C=CCC1. The van der Waals surface area contributed by atoms with E-state index in [1.54, 1.807) is 24.8 Å². The Balaban J connectivity index is 0.825. The Hall–Kier alpha value is -9.99. The smallest absolute Gasteiger partial charge is 0.160 e. The van der Waals surface area contributed by atoms with E-state index in [0.29, 0.717) is 17.6 Å². The Labute approximate surface area is 445 Å². The lowest BCUT2D eigenvalue weighted by molar-refractivity contribution is 0.545. The molecule has 9 nitrogen and oxygen atoms in total. The number of fused-ring (bicyclic) bond motifs is 6. The van der Waals surface area contributed by atoms with Gasteiger partial charge >= 0.3 is 0 Å². The van der Waals surface area contributed by atoms with Gasteiger partial charge in [-0.25, -0.2) is 19.9 Å². The zero-order valence-corrected chi connectivity index (χ0v) is 42.2. The van der Waals surface area contributed by atoms with Gasteiger partial charge in [-0.2, -0.15) is 0 Å². The first-order valence-electron chi connectivity index (χ1n) is 26.2. The Kier molecular flexibility index (Phi) is 11.5. The van der Waals surface area contributed by atoms with Crippen molar-refractivity contribution in [3.8, 4) is 79.0 Å². The molecule has 0 spiro atoms. The molecular weight excluding hydrogens is 943 g/mol. The molecule has 0 saturated heterocycles. The van der Waals surface area contributed by atoms with Crippen LogP contribution in [0.2, 0.25) is 0 Å². The molecule has 0 aliphatic heterocycles. The zero-order valence-electron chi connectivity index (χ0n) is 42.2. The minimum absolute atomic E-state index is 0.621. The van der Waals surface area contributed by atoms with Crippen LogP contribution in [0.5, 0.6) is 0 Å². The van der Waals surface area contributed by atoms with Crippen LogP contribution in [0.15, 0.2) is 237 Å². The first-order valence-corrected chi connectivity index (χ1v) is 26.2. The van der Waals surface area contributed by atoms with Gasteiger partial charge in [-0.05, 0) is 169 Å². The summed E-state index contributed by atoms with van der Waals surface area (Å²) in [5, 5.41) is 4.78. The number of hydrogen-bond donors (Lipinski definition) is 0. The predicted octanol–water partition coefficient (Wildman–Crippen LogP) is 16.4. The van der Waals surface area contributed by atoms with Crippen LogP contribution in [0, 0.1) is 5.92 Å². The molecule has 0 fully saturated rings. The van der Waals surface area contributed by atoms with Gasteiger partial charge in [0.05, 0.1) is 44.8 Å². The van der Waals surface area contributed by atoms with Crippen LogP contribution in [0.4, 0.5) is 0 Å². The molecule has 6 aromatic carbocycles. The summed E-state index contributed by atoms with van der Waals surface area (Å²) in [4.78, 5) is 33.2. The third-order valence-electron chi connectivity index (χ3n) is 15.0. The fourth-order valence-corrected chi connectivity index (χ4v) is 11.0. The first-order chi connectivity index (χ1) is 38.1. The van der Waals surface area contributed by atoms with E-state index in [1.807, 2.05) is 54.9 Å². The minimum Gasteiger partial charge on any atom is -0.309 e. The number of hydrogen-bond acceptors (Lipinski definition) is 7. The molecule has 0 amide bonds. The molecule has 1 aliphatic rings. The summed E-state index contributed by atoms with van der Waals surface area (Å²) in [6.07, 6.45) is 20.9. The normalized spacial score (nSPS) is 13.8. The van der Waals surface area contributed by atoms with Crippen LogP contribution in [0.3, 0.4) is 0 Å². The van der Waals surface area contributed by atoms with Crippen molar-refractivity contribution in [1.82, 2.24) is 44.0 Å². The fraction of sp³-hybridized carbons (Fsp3) is 0.0735. The number of nitrogens with zero attached hydrogens (tertiary/aromatic N) is 9. The maximum Gasteiger partial charge on any atom is 0.160 e. The van der Waals surface area contributed by atoms with Crippen molar-refractivity contribution in [2.24, 2.45) is 5.92 Å². The van der Waals surface area contributed by atoms with Crippen molar-refractivity contribution in [3.05, 3.63) is 243 Å². The molecule has 0 radical (unpaired) electrons. The van der Waals surface area contributed by atoms with Gasteiger partial charge in [0, 0.05) is 97.9 Å². The van der Waals surface area contributed by atoms with Gasteiger partial charge in [0.15, 0.2) is 11.6 Å². The highest BCUT2D eigenvalue weighted by Gasteiger charge is 2.19. The van der Waals surface area contributed by atoms with E-state index in [1.165, 1.54) is 28.0 Å². The Bertz CT molecular complexity index is 4350. The van der Waals surface area contributed by atoms with E-state index in [4.69, 9.17) is 19.9 Å². The molecule has 366 valence electrons. The zero-order chi connectivity index (χ0) is 51.2. The molecule has 1 aliphatic carbocycles. The summed E-state index contributed by atoms with van der Waals surface area (Å²) >= 11 is 0. The average molecular weight is 992 g/mol. The van der Waals surface area contributed by atoms with E-state index in [2.05, 4.69) is 189 Å². The molecule has 0 N–H and O–H groups in total. The largest absolute Gasteiger partial charge is 0.309 e. The van der Waals surface area contributed by atoms with Crippen LogP contribution in [-0.4, -0.2) is 44.0 Å². The summed E-state index contributed by atoms with van der Waals surface area (Å²) in [5.41, 5.74) is 18.4. The average Bonchev–Trinajstić information content (AvgIpc) is 4.13. The summed E-state index contributed by atoms with van der Waals surface area (Å²) in [7, 11) is 0. The second kappa shape index (κ2) is 19.4. The van der Waals surface area contributed by atoms with Crippen LogP contribution < -0.4 is 0 Å². The molecule has 77 heavy (non-hydrogen) atoms. The number of pyridine rings is 3. The Morgan fingerprint density at radius 3 is 1.39 bits per heavy atom. The lowest BCUT2D eigenvalue weighted by Gasteiger charge is -2.14. The van der Waals surface area contributed by atoms with Crippen LogP contribution in [-0.2, 0) is 0 Å². The third-order valence-corrected chi connectivity index (χ3v) is 15.0. The molecule has 0 bridgehead atoms. The molecular formula is C68H49N9. The number of rotatable bonds is 9. The molecule has 9 heteroatoms. The van der Waals surface area contributed by atoms with Crippen molar-refractivity contribution in [1.29, 1.82) is 0 Å². The molecule has 7 heterocycles. The maximum atomic E-state index is 5.21. The predicted molar refractivity (Wildman–Crippen MR) is 312 cm³/mol. The minimum atomic E-state index is 0.621. The number of aromatic nitrogens is 9. The summed E-state index contributed by atoms with van der Waals surface area (Å²) in [6, 6.07) is 64.5. The molecule has 0 saturated carbocycles. The standard InChI is InChI=1S/C68H49N9/c1-44-8-2-3-9-45(15-14-44)59-42-60(46-28-34-69-35-29-46)73-67(72-59)49-16-22-53(23-17-49)76-64-13-7-5-11-56(64)58-40-51(21-27-65(58)76)52-20-26-57-55-10-4-6-12-63(55)77(66(57)41-52)54-24-18-50(19-25-54)68-74-61(47-30-36-70-37-31-47)43-62(75-68)48-32-38-71-39-33-48/h3-7,9-13,15-44H,2,8,14H2,1H3. The van der Waals surface area contributed by atoms with Crippen molar-refractivity contribution in [3.63, 3.8) is 0 Å². The van der Waals surface area contributed by atoms with Crippen molar-refractivity contribution >= 4 is 49.2 Å². The Morgan fingerprint density at radius 1 is 0.377 bits per heavy atom. The van der Waals surface area contributed by atoms with Gasteiger partial charge in [-0.3, -0.25) is 15.0 Å². The second-order valence-corrected chi connectivity index (χ2v) is 19.9. The van der Waals surface area contributed by atoms with E-state index in [-0.39, 0.29) is 0 Å².